The van der Waals surface area contributed by atoms with Gasteiger partial charge in [0.25, 0.3) is 5.91 Å². The van der Waals surface area contributed by atoms with Crippen molar-refractivity contribution < 1.29 is 19.4 Å². The molecular formula is C16H18N2O4S. The third kappa shape index (κ3) is 3.87. The van der Waals surface area contributed by atoms with Gasteiger partial charge in [0, 0.05) is 12.3 Å². The van der Waals surface area contributed by atoms with E-state index in [2.05, 4.69) is 17.9 Å². The maximum Gasteiger partial charge on any atom is 0.327 e. The molecule has 1 aromatic carbocycles. The summed E-state index contributed by atoms with van der Waals surface area (Å²) in [5.41, 5.74) is 0.413. The molecule has 1 aliphatic rings. The van der Waals surface area contributed by atoms with Gasteiger partial charge in [-0.25, -0.2) is 4.79 Å². The second kappa shape index (κ2) is 7.73. The topological polar surface area (TPSA) is 78.9 Å². The number of carbonyl (C=O) groups is 2. The van der Waals surface area contributed by atoms with Crippen LogP contribution in [0, 0.1) is 0 Å². The van der Waals surface area contributed by atoms with Crippen molar-refractivity contribution in [3.8, 4) is 5.75 Å². The Kier molecular flexibility index (Phi) is 5.70. The van der Waals surface area contributed by atoms with Crippen LogP contribution >= 0.6 is 12.6 Å². The molecule has 1 aliphatic heterocycles. The lowest BCUT2D eigenvalue weighted by Gasteiger charge is -2.29. The summed E-state index contributed by atoms with van der Waals surface area (Å²) in [5.74, 6) is -0.304. The average Bonchev–Trinajstić information content (AvgIpc) is 2.59. The van der Waals surface area contributed by atoms with E-state index in [1.54, 1.807) is 36.4 Å². The molecule has 1 atom stereocenters. The molecule has 0 unspecified atom stereocenters. The number of methoxy groups -OCH3 is 1. The van der Waals surface area contributed by atoms with Crippen molar-refractivity contribution in [1.82, 2.24) is 10.2 Å². The Hall–Kier alpha value is -2.41. The van der Waals surface area contributed by atoms with E-state index >= 15 is 0 Å². The Bertz CT molecular complexity index is 657. The number of para-hydroxylation sites is 1. The van der Waals surface area contributed by atoms with Gasteiger partial charge in [0.05, 0.1) is 12.7 Å². The van der Waals surface area contributed by atoms with Crippen LogP contribution < -0.4 is 10.1 Å². The van der Waals surface area contributed by atoms with Crippen LogP contribution in [0.1, 0.15) is 10.4 Å². The summed E-state index contributed by atoms with van der Waals surface area (Å²) in [5, 5.41) is 12.0. The fraction of sp³-hybridized carbons (Fsp3) is 0.250. The molecule has 7 heteroatoms. The molecule has 0 saturated carbocycles. The molecule has 0 spiro atoms. The van der Waals surface area contributed by atoms with Crippen molar-refractivity contribution in [3.05, 3.63) is 53.9 Å². The first-order chi connectivity index (χ1) is 11.1. The van der Waals surface area contributed by atoms with Crippen LogP contribution in [0.3, 0.4) is 0 Å². The molecule has 23 heavy (non-hydrogen) atoms. The van der Waals surface area contributed by atoms with Gasteiger partial charge < -0.3 is 15.2 Å². The first kappa shape index (κ1) is 17.0. The number of aliphatic carboxylic acids is 1. The van der Waals surface area contributed by atoms with E-state index in [9.17, 15) is 9.59 Å². The van der Waals surface area contributed by atoms with E-state index in [4.69, 9.17) is 9.84 Å². The van der Waals surface area contributed by atoms with Crippen LogP contribution in [0.15, 0.2) is 48.3 Å². The fourth-order valence-electron chi connectivity index (χ4n) is 2.16. The first-order valence-electron chi connectivity index (χ1n) is 7.00. The Morgan fingerprint density at radius 1 is 1.43 bits per heavy atom. The fourth-order valence-corrected chi connectivity index (χ4v) is 2.41. The summed E-state index contributed by atoms with van der Waals surface area (Å²) in [4.78, 5) is 25.4. The predicted molar refractivity (Wildman–Crippen MR) is 89.7 cm³/mol. The number of thiol groups is 1. The van der Waals surface area contributed by atoms with Crippen molar-refractivity contribution in [3.63, 3.8) is 0 Å². The Morgan fingerprint density at radius 2 is 2.17 bits per heavy atom. The van der Waals surface area contributed by atoms with E-state index in [0.717, 1.165) is 0 Å². The van der Waals surface area contributed by atoms with E-state index in [1.807, 2.05) is 6.08 Å². The molecule has 1 amide bonds. The van der Waals surface area contributed by atoms with Crippen molar-refractivity contribution in [2.24, 2.45) is 0 Å². The maximum atomic E-state index is 12.8. The number of nitrogens with one attached hydrogen (secondary N) is 1. The van der Waals surface area contributed by atoms with Crippen molar-refractivity contribution in [2.75, 3.05) is 19.4 Å². The number of nitrogens with zero attached hydrogens (tertiary/aromatic N) is 1. The van der Waals surface area contributed by atoms with Crippen LogP contribution in [-0.4, -0.2) is 47.3 Å². The third-order valence-electron chi connectivity index (χ3n) is 3.35. The summed E-state index contributed by atoms with van der Waals surface area (Å²) in [6.45, 7) is 0.342. The smallest absolute Gasteiger partial charge is 0.327 e. The molecule has 0 saturated heterocycles. The van der Waals surface area contributed by atoms with E-state index in [1.165, 1.54) is 12.0 Å². The highest BCUT2D eigenvalue weighted by Crippen LogP contribution is 2.22. The molecule has 0 fully saturated rings. The van der Waals surface area contributed by atoms with E-state index in [-0.39, 0.29) is 11.7 Å². The summed E-state index contributed by atoms with van der Waals surface area (Å²) in [6.07, 6.45) is 5.25. The summed E-state index contributed by atoms with van der Waals surface area (Å²) in [6, 6.07) is 6.02. The number of amides is 1. The van der Waals surface area contributed by atoms with Crippen molar-refractivity contribution >= 4 is 24.5 Å². The quantitative estimate of drug-likeness (QED) is 0.688. The van der Waals surface area contributed by atoms with E-state index in [0.29, 0.717) is 23.7 Å². The number of ether oxygens (including phenoxy) is 1. The van der Waals surface area contributed by atoms with E-state index < -0.39 is 12.0 Å². The number of carboxylic acids is 1. The number of carboxylic acid groups (broad SMARTS) is 1. The zero-order chi connectivity index (χ0) is 16.8. The van der Waals surface area contributed by atoms with Gasteiger partial charge in [0.1, 0.15) is 17.6 Å². The molecular weight excluding hydrogens is 316 g/mol. The van der Waals surface area contributed by atoms with Gasteiger partial charge >= 0.3 is 5.97 Å². The summed E-state index contributed by atoms with van der Waals surface area (Å²) in [7, 11) is 1.50. The van der Waals surface area contributed by atoms with Crippen LogP contribution in [-0.2, 0) is 4.79 Å². The molecule has 0 radical (unpaired) electrons. The second-order valence-corrected chi connectivity index (χ2v) is 5.18. The molecule has 0 bridgehead atoms. The van der Waals surface area contributed by atoms with Crippen LogP contribution in [0.25, 0.3) is 0 Å². The Balaban J connectivity index is 2.26. The van der Waals surface area contributed by atoms with Gasteiger partial charge in [-0.1, -0.05) is 24.3 Å². The minimum Gasteiger partial charge on any atom is -0.496 e. The van der Waals surface area contributed by atoms with Gasteiger partial charge in [-0.05, 0) is 18.2 Å². The van der Waals surface area contributed by atoms with Crippen molar-refractivity contribution in [2.45, 2.75) is 6.04 Å². The number of rotatable bonds is 6. The molecule has 0 aliphatic carbocycles. The highest BCUT2D eigenvalue weighted by Gasteiger charge is 2.26. The molecule has 2 rings (SSSR count). The van der Waals surface area contributed by atoms with Crippen molar-refractivity contribution in [1.29, 1.82) is 0 Å². The highest BCUT2D eigenvalue weighted by molar-refractivity contribution is 7.80. The summed E-state index contributed by atoms with van der Waals surface area (Å²) >= 11 is 4.03. The van der Waals surface area contributed by atoms with Gasteiger partial charge in [0.2, 0.25) is 0 Å². The van der Waals surface area contributed by atoms with Crippen LogP contribution in [0.4, 0.5) is 0 Å². The summed E-state index contributed by atoms with van der Waals surface area (Å²) < 4.78 is 5.22. The van der Waals surface area contributed by atoms with Crippen LogP contribution in [0.5, 0.6) is 5.75 Å². The average molecular weight is 334 g/mol. The number of hydrogen-bond acceptors (Lipinski definition) is 5. The lowest BCUT2D eigenvalue weighted by Crippen LogP contribution is -2.45. The highest BCUT2D eigenvalue weighted by atomic mass is 32.1. The number of benzene rings is 1. The Labute approximate surface area is 139 Å². The zero-order valence-corrected chi connectivity index (χ0v) is 13.5. The molecule has 122 valence electrons. The minimum atomic E-state index is -1.03. The Morgan fingerprint density at radius 3 is 2.83 bits per heavy atom. The number of carbonyl (C=O) groups excluding carboxylic acids is 1. The lowest BCUT2D eigenvalue weighted by molar-refractivity contribution is -0.138. The monoisotopic (exact) mass is 334 g/mol. The third-order valence-corrected chi connectivity index (χ3v) is 3.72. The van der Waals surface area contributed by atoms with Gasteiger partial charge in [-0.3, -0.25) is 9.69 Å². The molecule has 0 aromatic heterocycles. The maximum absolute atomic E-state index is 12.8. The second-order valence-electron chi connectivity index (χ2n) is 4.81. The molecule has 1 aromatic rings. The minimum absolute atomic E-state index is 0.104. The van der Waals surface area contributed by atoms with Gasteiger partial charge in [-0.15, -0.1) is 0 Å². The van der Waals surface area contributed by atoms with Crippen LogP contribution in [0.2, 0.25) is 0 Å². The zero-order valence-electron chi connectivity index (χ0n) is 12.6. The molecule has 2 N–H and O–H groups in total. The number of hydrogen-bond donors (Lipinski definition) is 3. The lowest BCUT2D eigenvalue weighted by atomic mass is 10.1. The first-order valence-corrected chi connectivity index (χ1v) is 7.63. The number of allylic oxidation sites excluding steroid dienone is 2. The largest absolute Gasteiger partial charge is 0.496 e. The normalized spacial score (nSPS) is 14.9. The predicted octanol–water partition coefficient (Wildman–Crippen LogP) is 1.52. The molecule has 6 nitrogen and oxygen atoms in total. The van der Waals surface area contributed by atoms with Gasteiger partial charge in [-0.2, -0.15) is 12.6 Å². The van der Waals surface area contributed by atoms with Gasteiger partial charge in [0.15, 0.2) is 0 Å². The standard InChI is InChI=1S/C16H18N2O4S/c1-22-13-7-3-2-6-11(13)15(19)18-9-5-4-8-14(18)17-12(10-23)16(20)21/h2-8,12,17,23H,9-10H2,1H3,(H,20,21)/t12-/m1/s1. The SMILES string of the molecule is COc1ccccc1C(=O)N1CC=CC=C1N[C@H](CS)C(=O)O. The molecule has 1 heterocycles.